The van der Waals surface area contributed by atoms with E-state index in [4.69, 9.17) is 5.73 Å². The lowest BCUT2D eigenvalue weighted by Gasteiger charge is -2.28. The van der Waals surface area contributed by atoms with Crippen LogP contribution in [0.15, 0.2) is 42.6 Å². The molecule has 1 heterocycles. The Hall–Kier alpha value is -2.10. The number of benzene rings is 1. The van der Waals surface area contributed by atoms with Crippen LogP contribution in [0.5, 0.6) is 0 Å². The summed E-state index contributed by atoms with van der Waals surface area (Å²) < 4.78 is 13.7. The lowest BCUT2D eigenvalue weighted by Crippen LogP contribution is -2.23. The van der Waals surface area contributed by atoms with Crippen LogP contribution >= 0.6 is 0 Å². The number of rotatable bonds is 3. The van der Waals surface area contributed by atoms with E-state index in [2.05, 4.69) is 4.98 Å². The highest BCUT2D eigenvalue weighted by Gasteiger charge is 2.17. The zero-order valence-electron chi connectivity index (χ0n) is 10.5. The third-order valence-electron chi connectivity index (χ3n) is 3.13. The van der Waals surface area contributed by atoms with Crippen molar-refractivity contribution in [2.45, 2.75) is 13.0 Å². The highest BCUT2D eigenvalue weighted by Crippen LogP contribution is 2.29. The first-order valence-corrected chi connectivity index (χ1v) is 5.79. The topological polar surface area (TPSA) is 42.2 Å². The first-order valence-electron chi connectivity index (χ1n) is 5.79. The predicted octanol–water partition coefficient (Wildman–Crippen LogP) is 3.00. The number of nitrogen functional groups attached to an aromatic ring is 1. The molecule has 0 spiro atoms. The van der Waals surface area contributed by atoms with Crippen molar-refractivity contribution in [1.82, 2.24) is 4.98 Å². The summed E-state index contributed by atoms with van der Waals surface area (Å²) in [5, 5.41) is 0. The fourth-order valence-electron chi connectivity index (χ4n) is 1.94. The molecule has 0 radical (unpaired) electrons. The second-order valence-electron chi connectivity index (χ2n) is 4.22. The van der Waals surface area contributed by atoms with E-state index in [1.54, 1.807) is 18.3 Å². The number of anilines is 2. The Morgan fingerprint density at radius 1 is 1.22 bits per heavy atom. The predicted molar refractivity (Wildman–Crippen MR) is 71.9 cm³/mol. The van der Waals surface area contributed by atoms with Crippen molar-refractivity contribution in [3.8, 4) is 0 Å². The van der Waals surface area contributed by atoms with Gasteiger partial charge in [-0.3, -0.25) is 0 Å². The molecule has 2 rings (SSSR count). The van der Waals surface area contributed by atoms with Crippen molar-refractivity contribution in [1.29, 1.82) is 0 Å². The van der Waals surface area contributed by atoms with Crippen LogP contribution in [0.3, 0.4) is 0 Å². The molecule has 2 N–H and O–H groups in total. The quantitative estimate of drug-likeness (QED) is 0.903. The van der Waals surface area contributed by atoms with Crippen molar-refractivity contribution < 1.29 is 4.39 Å². The summed E-state index contributed by atoms with van der Waals surface area (Å²) in [7, 11) is 1.88. The summed E-state index contributed by atoms with van der Waals surface area (Å²) in [4.78, 5) is 5.96. The van der Waals surface area contributed by atoms with Gasteiger partial charge in [0.15, 0.2) is 0 Å². The molecule has 4 heteroatoms. The number of halogens is 1. The normalized spacial score (nSPS) is 12.2. The molecule has 0 aliphatic rings. The number of nitrogens with two attached hydrogens (primary N) is 1. The van der Waals surface area contributed by atoms with Gasteiger partial charge in [-0.1, -0.05) is 18.2 Å². The first-order chi connectivity index (χ1) is 8.61. The highest BCUT2D eigenvalue weighted by atomic mass is 19.1. The van der Waals surface area contributed by atoms with Crippen LogP contribution in [0.4, 0.5) is 15.9 Å². The molecular formula is C14H16FN3. The smallest absolute Gasteiger partial charge is 0.146 e. The molecule has 1 aromatic carbocycles. The maximum atomic E-state index is 13.7. The van der Waals surface area contributed by atoms with Crippen LogP contribution in [0, 0.1) is 5.82 Å². The molecule has 0 amide bonds. The molecule has 1 atom stereocenters. The third-order valence-corrected chi connectivity index (χ3v) is 3.13. The summed E-state index contributed by atoms with van der Waals surface area (Å²) in [5.74, 6) is 0.238. The van der Waals surface area contributed by atoms with E-state index in [1.807, 2.05) is 37.1 Å². The van der Waals surface area contributed by atoms with Gasteiger partial charge in [0.2, 0.25) is 0 Å². The number of aromatic nitrogens is 1. The van der Waals surface area contributed by atoms with Gasteiger partial charge in [-0.15, -0.1) is 0 Å². The van der Waals surface area contributed by atoms with E-state index in [9.17, 15) is 4.39 Å². The fourth-order valence-corrected chi connectivity index (χ4v) is 1.94. The van der Waals surface area contributed by atoms with Gasteiger partial charge >= 0.3 is 0 Å². The monoisotopic (exact) mass is 245 g/mol. The van der Waals surface area contributed by atoms with Crippen LogP contribution in [-0.4, -0.2) is 12.0 Å². The van der Waals surface area contributed by atoms with E-state index >= 15 is 0 Å². The van der Waals surface area contributed by atoms with E-state index in [0.29, 0.717) is 11.4 Å². The lowest BCUT2D eigenvalue weighted by molar-refractivity contribution is 0.585. The Bertz CT molecular complexity index is 493. The molecule has 0 saturated carbocycles. The molecule has 2 aromatic rings. The van der Waals surface area contributed by atoms with Crippen molar-refractivity contribution in [2.24, 2.45) is 0 Å². The van der Waals surface area contributed by atoms with Crippen molar-refractivity contribution >= 4 is 11.5 Å². The lowest BCUT2D eigenvalue weighted by atomic mass is 10.1. The number of pyridine rings is 1. The molecule has 18 heavy (non-hydrogen) atoms. The van der Waals surface area contributed by atoms with E-state index in [0.717, 1.165) is 5.69 Å². The number of nitrogens with zero attached hydrogens (tertiary/aromatic N) is 2. The van der Waals surface area contributed by atoms with E-state index < -0.39 is 0 Å². The zero-order chi connectivity index (χ0) is 13.1. The largest absolute Gasteiger partial charge is 0.382 e. The van der Waals surface area contributed by atoms with Gasteiger partial charge in [0.05, 0.1) is 11.7 Å². The van der Waals surface area contributed by atoms with E-state index in [1.165, 1.54) is 6.07 Å². The Morgan fingerprint density at radius 3 is 2.61 bits per heavy atom. The molecular weight excluding hydrogens is 229 g/mol. The molecule has 0 fully saturated rings. The number of hydrogen-bond acceptors (Lipinski definition) is 3. The first kappa shape index (κ1) is 12.4. The second kappa shape index (κ2) is 5.04. The van der Waals surface area contributed by atoms with Crippen LogP contribution in [0.1, 0.15) is 18.5 Å². The molecule has 3 nitrogen and oxygen atoms in total. The Kier molecular flexibility index (Phi) is 3.46. The third kappa shape index (κ3) is 2.27. The van der Waals surface area contributed by atoms with E-state index in [-0.39, 0.29) is 11.9 Å². The van der Waals surface area contributed by atoms with Gasteiger partial charge in [0, 0.05) is 18.8 Å². The summed E-state index contributed by atoms with van der Waals surface area (Å²) in [6, 6.07) is 10.3. The molecule has 0 aliphatic heterocycles. The molecule has 0 saturated heterocycles. The van der Waals surface area contributed by atoms with Crippen molar-refractivity contribution in [2.75, 3.05) is 17.7 Å². The molecule has 1 aromatic heterocycles. The Labute approximate surface area is 106 Å². The minimum atomic E-state index is -0.209. The zero-order valence-corrected chi connectivity index (χ0v) is 10.5. The maximum absolute atomic E-state index is 13.7. The summed E-state index contributed by atoms with van der Waals surface area (Å²) >= 11 is 0. The minimum Gasteiger partial charge on any atom is -0.382 e. The van der Waals surface area contributed by atoms with Gasteiger partial charge in [-0.2, -0.15) is 0 Å². The SMILES string of the molecule is CC(c1ccccc1F)N(C)c1cccnc1N. The molecule has 0 aliphatic carbocycles. The summed E-state index contributed by atoms with van der Waals surface area (Å²) in [5.41, 5.74) is 7.27. The minimum absolute atomic E-state index is 0.113. The van der Waals surface area contributed by atoms with Crippen molar-refractivity contribution in [3.05, 3.63) is 54.0 Å². The Balaban J connectivity index is 2.33. The molecule has 1 unspecified atom stereocenters. The highest BCUT2D eigenvalue weighted by molar-refractivity contribution is 5.63. The second-order valence-corrected chi connectivity index (χ2v) is 4.22. The average molecular weight is 245 g/mol. The van der Waals surface area contributed by atoms with Gasteiger partial charge in [0.25, 0.3) is 0 Å². The van der Waals surface area contributed by atoms with Crippen LogP contribution in [0.25, 0.3) is 0 Å². The maximum Gasteiger partial charge on any atom is 0.146 e. The van der Waals surface area contributed by atoms with Crippen LogP contribution in [-0.2, 0) is 0 Å². The Morgan fingerprint density at radius 2 is 1.94 bits per heavy atom. The van der Waals surface area contributed by atoms with Crippen LogP contribution in [0.2, 0.25) is 0 Å². The van der Waals surface area contributed by atoms with Gasteiger partial charge < -0.3 is 10.6 Å². The summed E-state index contributed by atoms with van der Waals surface area (Å²) in [6.45, 7) is 1.94. The summed E-state index contributed by atoms with van der Waals surface area (Å²) in [6.07, 6.45) is 1.64. The van der Waals surface area contributed by atoms with Gasteiger partial charge in [-0.25, -0.2) is 9.37 Å². The van der Waals surface area contributed by atoms with Crippen LogP contribution < -0.4 is 10.6 Å². The molecule has 94 valence electrons. The van der Waals surface area contributed by atoms with Gasteiger partial charge in [-0.05, 0) is 25.1 Å². The van der Waals surface area contributed by atoms with Gasteiger partial charge in [0.1, 0.15) is 11.6 Å². The standard InChI is InChI=1S/C14H16FN3/c1-10(11-6-3-4-7-12(11)15)18(2)13-8-5-9-17-14(13)16/h3-10H,1-2H3,(H2,16,17). The average Bonchev–Trinajstić information content (AvgIpc) is 2.38. The molecule has 0 bridgehead atoms. The number of hydrogen-bond donors (Lipinski definition) is 1. The fraction of sp³-hybridized carbons (Fsp3) is 0.214. The van der Waals surface area contributed by atoms with Crippen molar-refractivity contribution in [3.63, 3.8) is 0 Å².